The van der Waals surface area contributed by atoms with Gasteiger partial charge in [0, 0.05) is 10.5 Å². The number of aromatic nitrogens is 1. The number of benzene rings is 2. The molecular weight excluding hydrogens is 338 g/mol. The summed E-state index contributed by atoms with van der Waals surface area (Å²) in [4.78, 5) is 39.0. The maximum atomic E-state index is 12.3. The fourth-order valence-corrected chi connectivity index (χ4v) is 2.56. The quantitative estimate of drug-likeness (QED) is 0.428. The number of carbonyl (C=O) groups is 2. The van der Waals surface area contributed by atoms with E-state index in [2.05, 4.69) is 4.98 Å². The molecule has 0 aliphatic heterocycles. The van der Waals surface area contributed by atoms with Gasteiger partial charge in [-0.3, -0.25) is 14.4 Å². The Labute approximate surface area is 148 Å². The van der Waals surface area contributed by atoms with Gasteiger partial charge in [-0.15, -0.1) is 0 Å². The molecule has 0 saturated heterocycles. The van der Waals surface area contributed by atoms with Crippen LogP contribution in [0.15, 0.2) is 65.5 Å². The summed E-state index contributed by atoms with van der Waals surface area (Å²) in [5, 5.41) is 1.35. The number of nitrogens with one attached hydrogen (secondary N) is 1. The molecule has 5 heteroatoms. The van der Waals surface area contributed by atoms with Crippen LogP contribution in [-0.4, -0.2) is 16.6 Å². The highest BCUT2D eigenvalue weighted by molar-refractivity contribution is 6.30. The van der Waals surface area contributed by atoms with Crippen LogP contribution in [0.5, 0.6) is 0 Å². The average molecular weight is 352 g/mol. The van der Waals surface area contributed by atoms with E-state index in [0.717, 1.165) is 10.9 Å². The minimum atomic E-state index is -0.502. The van der Waals surface area contributed by atoms with E-state index in [4.69, 9.17) is 11.6 Å². The molecule has 124 valence electrons. The molecule has 1 heterocycles. The maximum Gasteiger partial charge on any atom is 0.259 e. The smallest absolute Gasteiger partial charge is 0.259 e. The number of Topliss-reactive ketones (excluding diaryl/α,β-unsaturated/α-hetero) is 1. The van der Waals surface area contributed by atoms with Gasteiger partial charge in [-0.05, 0) is 41.3 Å². The third kappa shape index (κ3) is 4.11. The fraction of sp³-hybridized carbons (Fsp3) is 0.0500. The number of pyridine rings is 1. The topological polar surface area (TPSA) is 67.0 Å². The van der Waals surface area contributed by atoms with Crippen LogP contribution >= 0.6 is 11.6 Å². The summed E-state index contributed by atoms with van der Waals surface area (Å²) in [6, 6.07) is 15.6. The van der Waals surface area contributed by atoms with Crippen LogP contribution in [0.4, 0.5) is 0 Å². The second-order valence-corrected chi connectivity index (χ2v) is 5.99. The summed E-state index contributed by atoms with van der Waals surface area (Å²) >= 11 is 5.80. The Morgan fingerprint density at radius 1 is 1.04 bits per heavy atom. The fourth-order valence-electron chi connectivity index (χ4n) is 2.43. The number of carbonyl (C=O) groups excluding carboxylic acids is 2. The van der Waals surface area contributed by atoms with Gasteiger partial charge >= 0.3 is 0 Å². The molecule has 0 fully saturated rings. The number of rotatable bonds is 5. The van der Waals surface area contributed by atoms with Crippen molar-refractivity contribution in [2.24, 2.45) is 0 Å². The second kappa shape index (κ2) is 7.28. The molecule has 0 spiro atoms. The van der Waals surface area contributed by atoms with Crippen molar-refractivity contribution in [1.82, 2.24) is 4.98 Å². The lowest BCUT2D eigenvalue weighted by molar-refractivity contribution is -0.113. The van der Waals surface area contributed by atoms with Gasteiger partial charge in [-0.1, -0.05) is 48.0 Å². The van der Waals surface area contributed by atoms with Crippen LogP contribution in [-0.2, 0) is 4.79 Å². The molecule has 0 unspecified atom stereocenters. The average Bonchev–Trinajstić information content (AvgIpc) is 2.60. The molecule has 0 bridgehead atoms. The van der Waals surface area contributed by atoms with E-state index in [0.29, 0.717) is 10.5 Å². The Bertz CT molecular complexity index is 1030. The molecule has 3 aromatic rings. The van der Waals surface area contributed by atoms with Gasteiger partial charge < -0.3 is 4.98 Å². The van der Waals surface area contributed by atoms with Gasteiger partial charge in [0.25, 0.3) is 5.56 Å². The van der Waals surface area contributed by atoms with Gasteiger partial charge in [0.15, 0.2) is 11.6 Å². The molecule has 1 aromatic heterocycles. The lowest BCUT2D eigenvalue weighted by atomic mass is 10.0. The van der Waals surface area contributed by atoms with Crippen molar-refractivity contribution < 1.29 is 9.59 Å². The van der Waals surface area contributed by atoms with Crippen molar-refractivity contribution in [3.63, 3.8) is 0 Å². The van der Waals surface area contributed by atoms with Crippen molar-refractivity contribution >= 4 is 40.1 Å². The van der Waals surface area contributed by atoms with Crippen molar-refractivity contribution in [2.45, 2.75) is 6.42 Å². The van der Waals surface area contributed by atoms with E-state index < -0.39 is 11.3 Å². The van der Waals surface area contributed by atoms with Crippen molar-refractivity contribution in [3.8, 4) is 0 Å². The van der Waals surface area contributed by atoms with Crippen LogP contribution in [0, 0.1) is 0 Å². The Morgan fingerprint density at radius 2 is 1.76 bits per heavy atom. The van der Waals surface area contributed by atoms with Crippen LogP contribution in [0.3, 0.4) is 0 Å². The molecule has 0 saturated carbocycles. The highest BCUT2D eigenvalue weighted by Crippen LogP contribution is 2.13. The van der Waals surface area contributed by atoms with Gasteiger partial charge in [0.2, 0.25) is 0 Å². The highest BCUT2D eigenvalue weighted by Gasteiger charge is 2.14. The third-order valence-corrected chi connectivity index (χ3v) is 3.97. The molecule has 0 aliphatic carbocycles. The summed E-state index contributed by atoms with van der Waals surface area (Å²) in [6.07, 6.45) is 2.58. The first kappa shape index (κ1) is 16.9. The van der Waals surface area contributed by atoms with E-state index in [1.807, 2.05) is 6.07 Å². The SMILES string of the molecule is O=C(C=Cc1ccc(Cl)cc1)CC(=O)c1cc2ccccc2[nH]c1=O. The molecular formula is C20H14ClNO3. The number of hydrogen-bond donors (Lipinski definition) is 1. The number of hydrogen-bond acceptors (Lipinski definition) is 3. The van der Waals surface area contributed by atoms with Crippen molar-refractivity contribution in [3.05, 3.63) is 87.2 Å². The van der Waals surface area contributed by atoms with Crippen LogP contribution < -0.4 is 5.56 Å². The largest absolute Gasteiger partial charge is 0.321 e. The predicted molar refractivity (Wildman–Crippen MR) is 99.0 cm³/mol. The summed E-state index contributed by atoms with van der Waals surface area (Å²) < 4.78 is 0. The molecule has 0 aliphatic rings. The molecule has 2 aromatic carbocycles. The van der Waals surface area contributed by atoms with E-state index in [1.165, 1.54) is 12.1 Å². The lowest BCUT2D eigenvalue weighted by Crippen LogP contribution is -2.19. The Kier molecular flexibility index (Phi) is 4.91. The first-order valence-corrected chi connectivity index (χ1v) is 8.02. The van der Waals surface area contributed by atoms with E-state index >= 15 is 0 Å². The normalized spacial score (nSPS) is 11.1. The first-order chi connectivity index (χ1) is 12.0. The highest BCUT2D eigenvalue weighted by atomic mass is 35.5. The molecule has 4 nitrogen and oxygen atoms in total. The third-order valence-electron chi connectivity index (χ3n) is 3.72. The number of fused-ring (bicyclic) bond motifs is 1. The number of aromatic amines is 1. The molecule has 3 rings (SSSR count). The molecule has 0 radical (unpaired) electrons. The first-order valence-electron chi connectivity index (χ1n) is 7.65. The summed E-state index contributed by atoms with van der Waals surface area (Å²) in [6.45, 7) is 0. The number of para-hydroxylation sites is 1. The lowest BCUT2D eigenvalue weighted by Gasteiger charge is -2.01. The van der Waals surface area contributed by atoms with Crippen molar-refractivity contribution in [1.29, 1.82) is 0 Å². The summed E-state index contributed by atoms with van der Waals surface area (Å²) in [5.41, 5.74) is 0.955. The molecule has 1 N–H and O–H groups in total. The minimum absolute atomic E-state index is 0.00746. The Balaban J connectivity index is 1.75. The second-order valence-electron chi connectivity index (χ2n) is 5.55. The number of ketones is 2. The van der Waals surface area contributed by atoms with Crippen molar-refractivity contribution in [2.75, 3.05) is 0 Å². The predicted octanol–water partition coefficient (Wildman–Crippen LogP) is 4.04. The zero-order valence-electron chi connectivity index (χ0n) is 13.2. The van der Waals surface area contributed by atoms with E-state index in [1.54, 1.807) is 48.5 Å². The minimum Gasteiger partial charge on any atom is -0.321 e. The molecule has 0 atom stereocenters. The van der Waals surface area contributed by atoms with Gasteiger partial charge in [0.1, 0.15) is 0 Å². The Hall–Kier alpha value is -2.98. The standard InChI is InChI=1S/C20H14ClNO3/c21-15-8-5-13(6-9-15)7-10-16(23)12-19(24)17-11-14-3-1-2-4-18(14)22-20(17)25/h1-11H,12H2,(H,22,25). The zero-order chi connectivity index (χ0) is 17.8. The van der Waals surface area contributed by atoms with Gasteiger partial charge in [-0.25, -0.2) is 0 Å². The van der Waals surface area contributed by atoms with Crippen LogP contribution in [0.1, 0.15) is 22.3 Å². The summed E-state index contributed by atoms with van der Waals surface area (Å²) in [5.74, 6) is -0.870. The Morgan fingerprint density at radius 3 is 2.52 bits per heavy atom. The summed E-state index contributed by atoms with van der Waals surface area (Å²) in [7, 11) is 0. The number of H-pyrrole nitrogens is 1. The van der Waals surface area contributed by atoms with Crippen LogP contribution in [0.2, 0.25) is 5.02 Å². The van der Waals surface area contributed by atoms with Gasteiger partial charge in [0.05, 0.1) is 12.0 Å². The zero-order valence-corrected chi connectivity index (χ0v) is 13.9. The molecule has 0 amide bonds. The monoisotopic (exact) mass is 351 g/mol. The number of allylic oxidation sites excluding steroid dienone is 1. The molecule has 25 heavy (non-hydrogen) atoms. The van der Waals surface area contributed by atoms with Crippen LogP contribution in [0.25, 0.3) is 17.0 Å². The maximum absolute atomic E-state index is 12.3. The van der Waals surface area contributed by atoms with Gasteiger partial charge in [-0.2, -0.15) is 0 Å². The van der Waals surface area contributed by atoms with E-state index in [9.17, 15) is 14.4 Å². The van der Waals surface area contributed by atoms with E-state index in [-0.39, 0.29) is 17.8 Å². The number of halogens is 1.